The van der Waals surface area contributed by atoms with Crippen LogP contribution in [0.1, 0.15) is 15.4 Å². The molecule has 0 saturated carbocycles. The number of carbonyl (C=O) groups excluding carboxylic acids is 1. The van der Waals surface area contributed by atoms with Gasteiger partial charge in [-0.15, -0.1) is 11.3 Å². The SMILES string of the molecule is Cc1sc(-c2ccccc2)nc1CCNCC(=O)n1cccc1. The Morgan fingerprint density at radius 2 is 1.91 bits per heavy atom. The third-order valence-electron chi connectivity index (χ3n) is 3.62. The van der Waals surface area contributed by atoms with Gasteiger partial charge in [-0.3, -0.25) is 9.36 Å². The van der Waals surface area contributed by atoms with E-state index in [-0.39, 0.29) is 5.91 Å². The minimum atomic E-state index is 0.0509. The third-order valence-corrected chi connectivity index (χ3v) is 4.68. The smallest absolute Gasteiger partial charge is 0.244 e. The van der Waals surface area contributed by atoms with Crippen molar-refractivity contribution in [2.75, 3.05) is 13.1 Å². The zero-order valence-corrected chi connectivity index (χ0v) is 13.8. The van der Waals surface area contributed by atoms with Crippen LogP contribution in [0.2, 0.25) is 0 Å². The monoisotopic (exact) mass is 325 g/mol. The number of nitrogens with zero attached hydrogens (tertiary/aromatic N) is 2. The van der Waals surface area contributed by atoms with Gasteiger partial charge in [0.05, 0.1) is 12.2 Å². The number of thiazole rings is 1. The van der Waals surface area contributed by atoms with Crippen LogP contribution in [0.5, 0.6) is 0 Å². The molecule has 3 aromatic rings. The van der Waals surface area contributed by atoms with E-state index >= 15 is 0 Å². The summed E-state index contributed by atoms with van der Waals surface area (Å²) >= 11 is 1.72. The van der Waals surface area contributed by atoms with Crippen LogP contribution in [0, 0.1) is 6.92 Å². The van der Waals surface area contributed by atoms with E-state index in [9.17, 15) is 4.79 Å². The number of aromatic nitrogens is 2. The zero-order chi connectivity index (χ0) is 16.1. The Morgan fingerprint density at radius 3 is 2.65 bits per heavy atom. The highest BCUT2D eigenvalue weighted by Crippen LogP contribution is 2.27. The Morgan fingerprint density at radius 1 is 1.17 bits per heavy atom. The predicted molar refractivity (Wildman–Crippen MR) is 93.9 cm³/mol. The van der Waals surface area contributed by atoms with Crippen molar-refractivity contribution in [1.82, 2.24) is 14.9 Å². The highest BCUT2D eigenvalue weighted by Gasteiger charge is 2.09. The van der Waals surface area contributed by atoms with E-state index < -0.39 is 0 Å². The van der Waals surface area contributed by atoms with Gasteiger partial charge in [-0.25, -0.2) is 4.98 Å². The van der Waals surface area contributed by atoms with Crippen molar-refractivity contribution in [2.45, 2.75) is 13.3 Å². The summed E-state index contributed by atoms with van der Waals surface area (Å²) in [6.45, 7) is 3.18. The van der Waals surface area contributed by atoms with E-state index in [1.807, 2.05) is 30.3 Å². The van der Waals surface area contributed by atoms with Crippen molar-refractivity contribution in [1.29, 1.82) is 0 Å². The van der Waals surface area contributed by atoms with Crippen LogP contribution in [0.25, 0.3) is 10.6 Å². The van der Waals surface area contributed by atoms with Crippen LogP contribution in [0.15, 0.2) is 54.9 Å². The van der Waals surface area contributed by atoms with Gasteiger partial charge in [0.25, 0.3) is 0 Å². The molecular weight excluding hydrogens is 306 g/mol. The van der Waals surface area contributed by atoms with Gasteiger partial charge in [0.1, 0.15) is 5.01 Å². The maximum Gasteiger partial charge on any atom is 0.244 e. The van der Waals surface area contributed by atoms with Crippen LogP contribution < -0.4 is 5.32 Å². The normalized spacial score (nSPS) is 10.8. The summed E-state index contributed by atoms with van der Waals surface area (Å²) < 4.78 is 1.59. The van der Waals surface area contributed by atoms with Gasteiger partial charge in [0, 0.05) is 35.8 Å². The maximum atomic E-state index is 11.9. The molecule has 0 amide bonds. The van der Waals surface area contributed by atoms with Crippen LogP contribution in [-0.4, -0.2) is 28.5 Å². The summed E-state index contributed by atoms with van der Waals surface area (Å²) in [5.74, 6) is 0.0509. The Kier molecular flexibility index (Phi) is 5.00. The summed E-state index contributed by atoms with van der Waals surface area (Å²) in [6, 6.07) is 13.9. The first-order valence-electron chi connectivity index (χ1n) is 7.62. The number of hydrogen-bond acceptors (Lipinski definition) is 4. The lowest BCUT2D eigenvalue weighted by atomic mass is 10.2. The average molecular weight is 325 g/mol. The lowest BCUT2D eigenvalue weighted by molar-refractivity contribution is 0.0913. The molecule has 0 saturated heterocycles. The maximum absolute atomic E-state index is 11.9. The minimum absolute atomic E-state index is 0.0509. The fourth-order valence-corrected chi connectivity index (χ4v) is 3.32. The van der Waals surface area contributed by atoms with Crippen molar-refractivity contribution in [3.63, 3.8) is 0 Å². The molecule has 1 aromatic carbocycles. The second-order valence-electron chi connectivity index (χ2n) is 5.30. The number of aryl methyl sites for hydroxylation is 1. The second-order valence-corrected chi connectivity index (χ2v) is 6.50. The molecule has 0 radical (unpaired) electrons. The highest BCUT2D eigenvalue weighted by molar-refractivity contribution is 7.15. The largest absolute Gasteiger partial charge is 0.308 e. The molecule has 0 aliphatic heterocycles. The average Bonchev–Trinajstić information content (AvgIpc) is 3.22. The molecular formula is C18H19N3OS. The number of rotatable bonds is 6. The van der Waals surface area contributed by atoms with Gasteiger partial charge in [0.15, 0.2) is 0 Å². The van der Waals surface area contributed by atoms with Crippen molar-refractivity contribution >= 4 is 17.2 Å². The summed E-state index contributed by atoms with van der Waals surface area (Å²) in [7, 11) is 0. The molecule has 3 rings (SSSR count). The number of nitrogens with one attached hydrogen (secondary N) is 1. The molecule has 5 heteroatoms. The number of benzene rings is 1. The minimum Gasteiger partial charge on any atom is -0.308 e. The first-order chi connectivity index (χ1) is 11.2. The highest BCUT2D eigenvalue weighted by atomic mass is 32.1. The molecule has 0 bridgehead atoms. The Balaban J connectivity index is 1.53. The first kappa shape index (κ1) is 15.6. The van der Waals surface area contributed by atoms with Gasteiger partial charge < -0.3 is 5.32 Å². The Labute approximate surface area is 139 Å². The fraction of sp³-hybridized carbons (Fsp3) is 0.222. The number of carbonyl (C=O) groups is 1. The fourth-order valence-electron chi connectivity index (χ4n) is 2.36. The van der Waals surface area contributed by atoms with Gasteiger partial charge in [-0.2, -0.15) is 0 Å². The lowest BCUT2D eigenvalue weighted by Gasteiger charge is -2.04. The van der Waals surface area contributed by atoms with Crippen molar-refractivity contribution in [2.24, 2.45) is 0 Å². The van der Waals surface area contributed by atoms with Gasteiger partial charge in [-0.05, 0) is 19.1 Å². The molecule has 2 aromatic heterocycles. The summed E-state index contributed by atoms with van der Waals surface area (Å²) in [6.07, 6.45) is 4.36. The summed E-state index contributed by atoms with van der Waals surface area (Å²) in [5, 5.41) is 4.25. The summed E-state index contributed by atoms with van der Waals surface area (Å²) in [4.78, 5) is 17.8. The molecule has 0 fully saturated rings. The number of hydrogen-bond donors (Lipinski definition) is 1. The van der Waals surface area contributed by atoms with Crippen LogP contribution >= 0.6 is 11.3 Å². The van der Waals surface area contributed by atoms with Crippen LogP contribution in [0.4, 0.5) is 0 Å². The summed E-state index contributed by atoms with van der Waals surface area (Å²) in [5.41, 5.74) is 2.26. The second kappa shape index (κ2) is 7.35. The third kappa shape index (κ3) is 3.94. The Hall–Kier alpha value is -2.24. The van der Waals surface area contributed by atoms with E-state index in [1.165, 1.54) is 4.88 Å². The lowest BCUT2D eigenvalue weighted by Crippen LogP contribution is -2.28. The van der Waals surface area contributed by atoms with Crippen molar-refractivity contribution in [3.05, 3.63) is 65.4 Å². The van der Waals surface area contributed by atoms with E-state index in [0.29, 0.717) is 6.54 Å². The molecule has 118 valence electrons. The van der Waals surface area contributed by atoms with Crippen molar-refractivity contribution < 1.29 is 4.79 Å². The van der Waals surface area contributed by atoms with Gasteiger partial charge in [-0.1, -0.05) is 30.3 Å². The quantitative estimate of drug-likeness (QED) is 0.707. The van der Waals surface area contributed by atoms with Crippen molar-refractivity contribution in [3.8, 4) is 10.6 Å². The predicted octanol–water partition coefficient (Wildman–Crippen LogP) is 3.39. The molecule has 4 nitrogen and oxygen atoms in total. The molecule has 23 heavy (non-hydrogen) atoms. The van der Waals surface area contributed by atoms with E-state index in [2.05, 4.69) is 24.4 Å². The molecule has 0 aliphatic rings. The van der Waals surface area contributed by atoms with E-state index in [0.717, 1.165) is 29.2 Å². The molecule has 0 spiro atoms. The standard InChI is InChI=1S/C18H19N3OS/c1-14-16(20-18(23-14)15-7-3-2-4-8-15)9-10-19-13-17(22)21-11-5-6-12-21/h2-8,11-12,19H,9-10,13H2,1H3. The molecule has 0 unspecified atom stereocenters. The topological polar surface area (TPSA) is 46.9 Å². The van der Waals surface area contributed by atoms with E-state index in [4.69, 9.17) is 4.98 Å². The molecule has 2 heterocycles. The zero-order valence-electron chi connectivity index (χ0n) is 13.0. The molecule has 0 atom stereocenters. The Bertz CT molecular complexity index is 763. The van der Waals surface area contributed by atoms with Gasteiger partial charge in [0.2, 0.25) is 5.91 Å². The van der Waals surface area contributed by atoms with Crippen LogP contribution in [0.3, 0.4) is 0 Å². The van der Waals surface area contributed by atoms with Gasteiger partial charge >= 0.3 is 0 Å². The molecule has 0 aliphatic carbocycles. The van der Waals surface area contributed by atoms with Crippen LogP contribution in [-0.2, 0) is 6.42 Å². The van der Waals surface area contributed by atoms with E-state index in [1.54, 1.807) is 28.3 Å². The molecule has 1 N–H and O–H groups in total. The first-order valence-corrected chi connectivity index (χ1v) is 8.44.